The van der Waals surface area contributed by atoms with Crippen LogP contribution in [0.2, 0.25) is 0 Å². The molecule has 1 aromatic carbocycles. The molecule has 0 aliphatic carbocycles. The summed E-state index contributed by atoms with van der Waals surface area (Å²) in [4.78, 5) is 16.7. The molecular formula is C13H18N2O3. The van der Waals surface area contributed by atoms with Gasteiger partial charge >= 0.3 is 0 Å². The molecule has 0 aromatic heterocycles. The van der Waals surface area contributed by atoms with Crippen molar-refractivity contribution in [1.29, 1.82) is 0 Å². The molecule has 0 bridgehead atoms. The number of hydroxylamine groups is 1. The summed E-state index contributed by atoms with van der Waals surface area (Å²) in [5.41, 5.74) is 3.45. The molecule has 1 unspecified atom stereocenters. The van der Waals surface area contributed by atoms with Gasteiger partial charge in [0, 0.05) is 13.1 Å². The number of benzene rings is 1. The normalized spacial score (nSPS) is 19.4. The Kier molecular flexibility index (Phi) is 5.14. The number of nitrogens with one attached hydrogen (secondary N) is 2. The van der Waals surface area contributed by atoms with E-state index in [1.165, 1.54) is 0 Å². The summed E-state index contributed by atoms with van der Waals surface area (Å²) in [6.07, 6.45) is 0.265. The maximum Gasteiger partial charge on any atom is 0.246 e. The molecule has 1 amide bonds. The lowest BCUT2D eigenvalue weighted by molar-refractivity contribution is -0.138. The first-order chi connectivity index (χ1) is 8.84. The van der Waals surface area contributed by atoms with Gasteiger partial charge in [0.15, 0.2) is 0 Å². The average Bonchev–Trinajstić information content (AvgIpc) is 2.41. The highest BCUT2D eigenvalue weighted by atomic mass is 16.6. The van der Waals surface area contributed by atoms with Gasteiger partial charge in [0.25, 0.3) is 0 Å². The Bertz CT molecular complexity index is 364. The summed E-state index contributed by atoms with van der Waals surface area (Å²) in [6.45, 7) is 2.59. The molecule has 1 aliphatic rings. The Morgan fingerprint density at radius 3 is 3.00 bits per heavy atom. The van der Waals surface area contributed by atoms with E-state index in [0.29, 0.717) is 26.2 Å². The lowest BCUT2D eigenvalue weighted by atomic mass is 10.2. The van der Waals surface area contributed by atoms with Crippen LogP contribution in [-0.4, -0.2) is 31.7 Å². The third-order valence-electron chi connectivity index (χ3n) is 2.69. The summed E-state index contributed by atoms with van der Waals surface area (Å²) < 4.78 is 5.43. The molecule has 0 radical (unpaired) electrons. The van der Waals surface area contributed by atoms with Crippen LogP contribution in [0.4, 0.5) is 0 Å². The Morgan fingerprint density at radius 2 is 2.28 bits per heavy atom. The summed E-state index contributed by atoms with van der Waals surface area (Å²) in [5.74, 6) is -0.153. The number of hydrogen-bond acceptors (Lipinski definition) is 4. The molecule has 1 aliphatic heterocycles. The molecular weight excluding hydrogens is 232 g/mol. The Balaban J connectivity index is 1.62. The molecule has 2 N–H and O–H groups in total. The monoisotopic (exact) mass is 250 g/mol. The summed E-state index contributed by atoms with van der Waals surface area (Å²) >= 11 is 0. The SMILES string of the molecule is O=C(CC1CNCCO1)NOCc1ccccc1. The van der Waals surface area contributed by atoms with Gasteiger partial charge in [-0.1, -0.05) is 30.3 Å². The number of carbonyl (C=O) groups is 1. The number of carbonyl (C=O) groups excluding carboxylic acids is 1. The van der Waals surface area contributed by atoms with Crippen molar-refractivity contribution in [3.05, 3.63) is 35.9 Å². The first kappa shape index (κ1) is 13.0. The maximum absolute atomic E-state index is 11.6. The maximum atomic E-state index is 11.6. The van der Waals surface area contributed by atoms with E-state index in [0.717, 1.165) is 12.1 Å². The second kappa shape index (κ2) is 7.10. The van der Waals surface area contributed by atoms with Gasteiger partial charge in [-0.25, -0.2) is 5.48 Å². The van der Waals surface area contributed by atoms with Crippen LogP contribution in [0.15, 0.2) is 30.3 Å². The number of hydrogen-bond donors (Lipinski definition) is 2. The second-order valence-electron chi connectivity index (χ2n) is 4.20. The van der Waals surface area contributed by atoms with Crippen LogP contribution in [0.1, 0.15) is 12.0 Å². The van der Waals surface area contributed by atoms with Crippen molar-refractivity contribution < 1.29 is 14.4 Å². The van der Waals surface area contributed by atoms with Crippen LogP contribution in [-0.2, 0) is 21.0 Å². The van der Waals surface area contributed by atoms with Crippen molar-refractivity contribution in [3.8, 4) is 0 Å². The van der Waals surface area contributed by atoms with Crippen LogP contribution < -0.4 is 10.8 Å². The zero-order valence-corrected chi connectivity index (χ0v) is 10.2. The average molecular weight is 250 g/mol. The Morgan fingerprint density at radius 1 is 1.44 bits per heavy atom. The first-order valence-electron chi connectivity index (χ1n) is 6.11. The van der Waals surface area contributed by atoms with Crippen LogP contribution in [0.25, 0.3) is 0 Å². The zero-order valence-electron chi connectivity index (χ0n) is 10.2. The fourth-order valence-electron chi connectivity index (χ4n) is 1.77. The zero-order chi connectivity index (χ0) is 12.6. The van der Waals surface area contributed by atoms with Crippen molar-refractivity contribution in [2.75, 3.05) is 19.7 Å². The van der Waals surface area contributed by atoms with E-state index in [-0.39, 0.29) is 12.0 Å². The molecule has 1 saturated heterocycles. The van der Waals surface area contributed by atoms with Crippen molar-refractivity contribution >= 4 is 5.91 Å². The van der Waals surface area contributed by atoms with E-state index in [1.54, 1.807) is 0 Å². The van der Waals surface area contributed by atoms with Crippen molar-refractivity contribution in [3.63, 3.8) is 0 Å². The highest BCUT2D eigenvalue weighted by Gasteiger charge is 2.17. The summed E-state index contributed by atoms with van der Waals surface area (Å²) in [7, 11) is 0. The minimum absolute atomic E-state index is 0.0564. The van der Waals surface area contributed by atoms with E-state index in [1.807, 2.05) is 30.3 Å². The smallest absolute Gasteiger partial charge is 0.246 e. The van der Waals surface area contributed by atoms with Crippen molar-refractivity contribution in [2.24, 2.45) is 0 Å². The predicted octanol–water partition coefficient (Wildman–Crippen LogP) is 0.613. The number of amides is 1. The van der Waals surface area contributed by atoms with Gasteiger partial charge in [-0.05, 0) is 5.56 Å². The van der Waals surface area contributed by atoms with Crippen LogP contribution in [0.5, 0.6) is 0 Å². The molecule has 98 valence electrons. The number of rotatable bonds is 5. The van der Waals surface area contributed by atoms with Gasteiger partial charge < -0.3 is 10.1 Å². The number of ether oxygens (including phenoxy) is 1. The lowest BCUT2D eigenvalue weighted by Gasteiger charge is -2.22. The van der Waals surface area contributed by atoms with Gasteiger partial charge in [-0.15, -0.1) is 0 Å². The molecule has 0 saturated carbocycles. The van der Waals surface area contributed by atoms with E-state index in [4.69, 9.17) is 9.57 Å². The fourth-order valence-corrected chi connectivity index (χ4v) is 1.77. The predicted molar refractivity (Wildman–Crippen MR) is 66.6 cm³/mol. The largest absolute Gasteiger partial charge is 0.375 e. The number of morpholine rings is 1. The second-order valence-corrected chi connectivity index (χ2v) is 4.20. The third kappa shape index (κ3) is 4.44. The lowest BCUT2D eigenvalue weighted by Crippen LogP contribution is -2.41. The topological polar surface area (TPSA) is 59.6 Å². The van der Waals surface area contributed by atoms with E-state index in [2.05, 4.69) is 10.8 Å². The van der Waals surface area contributed by atoms with Gasteiger partial charge in [-0.3, -0.25) is 9.63 Å². The van der Waals surface area contributed by atoms with E-state index < -0.39 is 0 Å². The van der Waals surface area contributed by atoms with Crippen LogP contribution in [0, 0.1) is 0 Å². The minimum Gasteiger partial charge on any atom is -0.375 e. The van der Waals surface area contributed by atoms with E-state index in [9.17, 15) is 4.79 Å². The summed E-state index contributed by atoms with van der Waals surface area (Å²) in [5, 5.41) is 3.18. The van der Waals surface area contributed by atoms with Gasteiger partial charge in [0.2, 0.25) is 5.91 Å². The third-order valence-corrected chi connectivity index (χ3v) is 2.69. The van der Waals surface area contributed by atoms with Gasteiger partial charge in [0.1, 0.15) is 0 Å². The molecule has 18 heavy (non-hydrogen) atoms. The molecule has 2 rings (SSSR count). The fraction of sp³-hybridized carbons (Fsp3) is 0.462. The molecule has 5 nitrogen and oxygen atoms in total. The molecule has 1 fully saturated rings. The molecule has 1 atom stereocenters. The van der Waals surface area contributed by atoms with Gasteiger partial charge in [0.05, 0.1) is 25.7 Å². The van der Waals surface area contributed by atoms with Crippen LogP contribution in [0.3, 0.4) is 0 Å². The molecule has 1 heterocycles. The Hall–Kier alpha value is -1.43. The molecule has 5 heteroatoms. The standard InChI is InChI=1S/C13H18N2O3/c16-13(8-12-9-14-6-7-17-12)15-18-10-11-4-2-1-3-5-11/h1-5,12,14H,6-10H2,(H,15,16). The van der Waals surface area contributed by atoms with Crippen molar-refractivity contribution in [2.45, 2.75) is 19.1 Å². The first-order valence-corrected chi connectivity index (χ1v) is 6.11. The molecule has 0 spiro atoms. The van der Waals surface area contributed by atoms with Crippen LogP contribution >= 0.6 is 0 Å². The highest BCUT2D eigenvalue weighted by Crippen LogP contribution is 2.02. The van der Waals surface area contributed by atoms with Gasteiger partial charge in [-0.2, -0.15) is 0 Å². The molecule has 1 aromatic rings. The highest BCUT2D eigenvalue weighted by molar-refractivity contribution is 5.75. The van der Waals surface area contributed by atoms with E-state index >= 15 is 0 Å². The minimum atomic E-state index is -0.153. The summed E-state index contributed by atoms with van der Waals surface area (Å²) in [6, 6.07) is 9.69. The Labute approximate surface area is 106 Å². The quantitative estimate of drug-likeness (QED) is 0.752. The van der Waals surface area contributed by atoms with Crippen molar-refractivity contribution in [1.82, 2.24) is 10.8 Å².